The van der Waals surface area contributed by atoms with Crippen LogP contribution in [0.4, 0.5) is 0 Å². The second-order valence-corrected chi connectivity index (χ2v) is 6.50. The molecule has 1 saturated carbocycles. The van der Waals surface area contributed by atoms with Crippen molar-refractivity contribution < 1.29 is 4.79 Å². The summed E-state index contributed by atoms with van der Waals surface area (Å²) in [6.07, 6.45) is 2.17. The molecule has 2 atom stereocenters. The first-order chi connectivity index (χ1) is 11.1. The number of halogens is 1. The Morgan fingerprint density at radius 1 is 1.04 bits per heavy atom. The summed E-state index contributed by atoms with van der Waals surface area (Å²) in [5, 5.41) is 7.26. The second-order valence-electron chi connectivity index (χ2n) is 6.07. The van der Waals surface area contributed by atoms with Gasteiger partial charge in [0.25, 0.3) is 0 Å². The first-order valence-corrected chi connectivity index (χ1v) is 8.38. The molecule has 2 aromatic rings. The highest BCUT2D eigenvalue weighted by atomic mass is 35.5. The van der Waals surface area contributed by atoms with Crippen molar-refractivity contribution in [2.45, 2.75) is 37.9 Å². The van der Waals surface area contributed by atoms with Gasteiger partial charge in [-0.15, -0.1) is 0 Å². The van der Waals surface area contributed by atoms with Crippen LogP contribution >= 0.6 is 11.6 Å². The molecular weight excluding hydrogens is 308 g/mol. The number of carbonyl (C=O) groups excluding carboxylic acids is 1. The highest BCUT2D eigenvalue weighted by Gasteiger charge is 2.29. The number of amides is 1. The molecule has 0 spiro atoms. The summed E-state index contributed by atoms with van der Waals surface area (Å²) in [5.74, 6) is 0.0412. The van der Waals surface area contributed by atoms with E-state index in [9.17, 15) is 4.79 Å². The highest BCUT2D eigenvalue weighted by molar-refractivity contribution is 6.30. The Labute approximate surface area is 142 Å². The molecule has 2 N–H and O–H groups in total. The molecule has 4 heteroatoms. The van der Waals surface area contributed by atoms with Crippen molar-refractivity contribution in [3.63, 3.8) is 0 Å². The van der Waals surface area contributed by atoms with Crippen molar-refractivity contribution in [1.29, 1.82) is 0 Å². The summed E-state index contributed by atoms with van der Waals surface area (Å²) in [4.78, 5) is 12.6. The van der Waals surface area contributed by atoms with Crippen molar-refractivity contribution in [3.8, 4) is 0 Å². The Bertz CT molecular complexity index is 653. The Balaban J connectivity index is 1.77. The number of carbonyl (C=O) groups is 1. The summed E-state index contributed by atoms with van der Waals surface area (Å²) < 4.78 is 0. The molecule has 3 nitrogen and oxygen atoms in total. The third-order valence-corrected chi connectivity index (χ3v) is 4.36. The lowest BCUT2D eigenvalue weighted by atomic mass is 10.0. The Kier molecular flexibility index (Phi) is 4.99. The predicted octanol–water partition coefficient (Wildman–Crippen LogP) is 4.01. The number of rotatable bonds is 6. The van der Waals surface area contributed by atoms with Crippen molar-refractivity contribution in [3.05, 3.63) is 70.7 Å². The average molecular weight is 329 g/mol. The molecule has 2 unspecified atom stereocenters. The van der Waals surface area contributed by atoms with E-state index in [0.29, 0.717) is 11.1 Å². The molecule has 1 amide bonds. The van der Waals surface area contributed by atoms with Crippen LogP contribution in [-0.4, -0.2) is 11.9 Å². The predicted molar refractivity (Wildman–Crippen MR) is 93.4 cm³/mol. The normalized spacial score (nSPS) is 16.6. The fourth-order valence-electron chi connectivity index (χ4n) is 2.58. The van der Waals surface area contributed by atoms with Crippen molar-refractivity contribution in [2.24, 2.45) is 0 Å². The molecule has 2 aromatic carbocycles. The van der Waals surface area contributed by atoms with Gasteiger partial charge in [0.05, 0.1) is 0 Å². The van der Waals surface area contributed by atoms with Gasteiger partial charge in [-0.25, -0.2) is 0 Å². The van der Waals surface area contributed by atoms with Gasteiger partial charge in [-0.2, -0.15) is 0 Å². The van der Waals surface area contributed by atoms with Gasteiger partial charge in [-0.05, 0) is 43.0 Å². The van der Waals surface area contributed by atoms with Gasteiger partial charge < -0.3 is 5.32 Å². The zero-order valence-corrected chi connectivity index (χ0v) is 13.9. The van der Waals surface area contributed by atoms with Gasteiger partial charge in [0.15, 0.2) is 0 Å². The molecule has 1 aliphatic carbocycles. The SMILES string of the molecule is CC(NC(C(=O)NC1CC1)c1ccccc1)c1ccc(Cl)cc1. The number of nitrogens with one attached hydrogen (secondary N) is 2. The molecule has 0 saturated heterocycles. The quantitative estimate of drug-likeness (QED) is 0.841. The van der Waals surface area contributed by atoms with Crippen LogP contribution in [-0.2, 0) is 4.79 Å². The topological polar surface area (TPSA) is 41.1 Å². The second kappa shape index (κ2) is 7.16. The van der Waals surface area contributed by atoms with Crippen LogP contribution < -0.4 is 10.6 Å². The Morgan fingerprint density at radius 3 is 2.30 bits per heavy atom. The Hall–Kier alpha value is -1.84. The highest BCUT2D eigenvalue weighted by Crippen LogP contribution is 2.24. The van der Waals surface area contributed by atoms with E-state index in [0.717, 1.165) is 24.0 Å². The third kappa shape index (κ3) is 4.34. The molecule has 0 heterocycles. The van der Waals surface area contributed by atoms with E-state index < -0.39 is 0 Å². The minimum absolute atomic E-state index is 0.0412. The van der Waals surface area contributed by atoms with Crippen LogP contribution in [0.5, 0.6) is 0 Å². The van der Waals surface area contributed by atoms with Crippen LogP contribution in [0, 0.1) is 0 Å². The standard InChI is InChI=1S/C19H21ClN2O/c1-13(14-7-9-16(20)10-8-14)21-18(15-5-3-2-4-6-15)19(23)22-17-11-12-17/h2-10,13,17-18,21H,11-12H2,1H3,(H,22,23). The van der Waals surface area contributed by atoms with Crippen molar-refractivity contribution in [1.82, 2.24) is 10.6 Å². The fraction of sp³-hybridized carbons (Fsp3) is 0.316. The molecular formula is C19H21ClN2O. The van der Waals surface area contributed by atoms with Gasteiger partial charge in [-0.1, -0.05) is 54.1 Å². The largest absolute Gasteiger partial charge is 0.352 e. The zero-order valence-electron chi connectivity index (χ0n) is 13.1. The van der Waals surface area contributed by atoms with Crippen LogP contribution in [0.25, 0.3) is 0 Å². The summed E-state index contributed by atoms with van der Waals surface area (Å²) in [6, 6.07) is 17.6. The molecule has 23 heavy (non-hydrogen) atoms. The van der Waals surface area contributed by atoms with E-state index in [2.05, 4.69) is 17.6 Å². The minimum atomic E-state index is -0.359. The van der Waals surface area contributed by atoms with Crippen LogP contribution in [0.15, 0.2) is 54.6 Å². The third-order valence-electron chi connectivity index (χ3n) is 4.11. The number of hydrogen-bond donors (Lipinski definition) is 2. The first kappa shape index (κ1) is 16.0. The van der Waals surface area contributed by atoms with E-state index in [4.69, 9.17) is 11.6 Å². The lowest BCUT2D eigenvalue weighted by molar-refractivity contribution is -0.123. The van der Waals surface area contributed by atoms with Crippen LogP contribution in [0.2, 0.25) is 5.02 Å². The molecule has 1 fully saturated rings. The summed E-state index contributed by atoms with van der Waals surface area (Å²) >= 11 is 5.95. The molecule has 0 aliphatic heterocycles. The lowest BCUT2D eigenvalue weighted by Crippen LogP contribution is -2.39. The zero-order chi connectivity index (χ0) is 16.2. The van der Waals surface area contributed by atoms with Gasteiger partial charge in [0, 0.05) is 17.1 Å². The molecule has 120 valence electrons. The number of hydrogen-bond acceptors (Lipinski definition) is 2. The van der Waals surface area contributed by atoms with Gasteiger partial charge in [0.2, 0.25) is 5.91 Å². The molecule has 3 rings (SSSR count). The van der Waals surface area contributed by atoms with Gasteiger partial charge in [-0.3, -0.25) is 10.1 Å². The average Bonchev–Trinajstić information content (AvgIpc) is 3.37. The van der Waals surface area contributed by atoms with Crippen molar-refractivity contribution >= 4 is 17.5 Å². The summed E-state index contributed by atoms with van der Waals surface area (Å²) in [5.41, 5.74) is 2.08. The van der Waals surface area contributed by atoms with Gasteiger partial charge in [0.1, 0.15) is 6.04 Å². The maximum Gasteiger partial charge on any atom is 0.241 e. The Morgan fingerprint density at radius 2 is 1.70 bits per heavy atom. The minimum Gasteiger partial charge on any atom is -0.352 e. The van der Waals surface area contributed by atoms with E-state index in [1.807, 2.05) is 54.6 Å². The van der Waals surface area contributed by atoms with Gasteiger partial charge >= 0.3 is 0 Å². The number of benzene rings is 2. The van der Waals surface area contributed by atoms with E-state index >= 15 is 0 Å². The van der Waals surface area contributed by atoms with Crippen LogP contribution in [0.1, 0.15) is 43.0 Å². The lowest BCUT2D eigenvalue weighted by Gasteiger charge is -2.23. The molecule has 0 aromatic heterocycles. The summed E-state index contributed by atoms with van der Waals surface area (Å²) in [6.45, 7) is 2.06. The smallest absolute Gasteiger partial charge is 0.241 e. The molecule has 1 aliphatic rings. The fourth-order valence-corrected chi connectivity index (χ4v) is 2.70. The van der Waals surface area contributed by atoms with Crippen LogP contribution in [0.3, 0.4) is 0 Å². The maximum atomic E-state index is 12.6. The molecule has 0 radical (unpaired) electrons. The first-order valence-electron chi connectivity index (χ1n) is 8.00. The van der Waals surface area contributed by atoms with Crippen molar-refractivity contribution in [2.75, 3.05) is 0 Å². The van der Waals surface area contributed by atoms with E-state index in [1.165, 1.54) is 0 Å². The monoisotopic (exact) mass is 328 g/mol. The van der Waals surface area contributed by atoms with E-state index in [-0.39, 0.29) is 18.0 Å². The summed E-state index contributed by atoms with van der Waals surface area (Å²) in [7, 11) is 0. The molecule has 0 bridgehead atoms. The van der Waals surface area contributed by atoms with E-state index in [1.54, 1.807) is 0 Å². The maximum absolute atomic E-state index is 12.6.